The lowest BCUT2D eigenvalue weighted by Gasteiger charge is -2.27. The van der Waals surface area contributed by atoms with Crippen LogP contribution in [0, 0.1) is 11.8 Å². The highest BCUT2D eigenvalue weighted by atomic mass is 16.6. The summed E-state index contributed by atoms with van der Waals surface area (Å²) in [7, 11) is 0. The lowest BCUT2D eigenvalue weighted by molar-refractivity contribution is -0.134. The predicted octanol–water partition coefficient (Wildman–Crippen LogP) is 2.02. The highest BCUT2D eigenvalue weighted by molar-refractivity contribution is 5.98. The third kappa shape index (κ3) is 8.46. The Morgan fingerprint density at radius 2 is 1.86 bits per heavy atom. The van der Waals surface area contributed by atoms with Crippen molar-refractivity contribution in [3.8, 4) is 5.75 Å². The zero-order valence-electron chi connectivity index (χ0n) is 26.0. The number of nitrogens with zero attached hydrogens (tertiary/aromatic N) is 1. The van der Waals surface area contributed by atoms with Crippen LogP contribution in [0.1, 0.15) is 63.5 Å². The summed E-state index contributed by atoms with van der Waals surface area (Å²) in [5.74, 6) is -0.117. The normalized spacial score (nSPS) is 23.8. The molecule has 2 saturated heterocycles. The summed E-state index contributed by atoms with van der Waals surface area (Å²) >= 11 is 0. The summed E-state index contributed by atoms with van der Waals surface area (Å²) in [5, 5.41) is 8.93. The molecule has 3 heterocycles. The van der Waals surface area contributed by atoms with Gasteiger partial charge in [0.05, 0.1) is 38.4 Å². The maximum Gasteiger partial charge on any atom is 0.234 e. The Labute approximate surface area is 259 Å². The average molecular weight is 611 g/mol. The van der Waals surface area contributed by atoms with E-state index in [2.05, 4.69) is 22.5 Å². The number of hydrogen-bond donors (Lipinski definition) is 3. The van der Waals surface area contributed by atoms with Gasteiger partial charge in [0.25, 0.3) is 0 Å². The van der Waals surface area contributed by atoms with E-state index in [0.717, 1.165) is 36.8 Å². The van der Waals surface area contributed by atoms with E-state index in [0.29, 0.717) is 69.8 Å². The first kappa shape index (κ1) is 32.1. The summed E-state index contributed by atoms with van der Waals surface area (Å²) < 4.78 is 16.5. The second-order valence-electron chi connectivity index (χ2n) is 12.9. The maximum absolute atomic E-state index is 13.9. The summed E-state index contributed by atoms with van der Waals surface area (Å²) in [4.78, 5) is 55.5. The SMILES string of the molecule is C=C1NCc2cc(CC(CC(=O)C(C)NC(=O)CN3CCOCC3)C(=O)NC(CC3CCCC3)C(=O)C3(C)CO3)ccc2O1. The second-order valence-corrected chi connectivity index (χ2v) is 12.9. The molecule has 3 fully saturated rings. The molecule has 0 radical (unpaired) electrons. The van der Waals surface area contributed by atoms with Gasteiger partial charge in [-0.3, -0.25) is 24.1 Å². The second kappa shape index (κ2) is 14.2. The van der Waals surface area contributed by atoms with Gasteiger partial charge in [0.1, 0.15) is 11.4 Å². The van der Waals surface area contributed by atoms with Crippen LogP contribution in [-0.2, 0) is 41.6 Å². The first-order chi connectivity index (χ1) is 21.1. The molecule has 5 rings (SSSR count). The maximum atomic E-state index is 13.9. The van der Waals surface area contributed by atoms with Crippen molar-refractivity contribution in [2.75, 3.05) is 39.5 Å². The van der Waals surface area contributed by atoms with E-state index < -0.39 is 23.6 Å². The summed E-state index contributed by atoms with van der Waals surface area (Å²) in [6, 6.07) is 4.26. The zero-order chi connectivity index (χ0) is 31.3. The molecular formula is C33H46N4O7. The Bertz CT molecular complexity index is 1250. The van der Waals surface area contributed by atoms with E-state index in [1.54, 1.807) is 13.8 Å². The highest BCUT2D eigenvalue weighted by Crippen LogP contribution is 2.34. The fraction of sp³-hybridized carbons (Fsp3) is 0.636. The van der Waals surface area contributed by atoms with Crippen LogP contribution in [0.4, 0.5) is 0 Å². The van der Waals surface area contributed by atoms with Crippen LogP contribution in [0.15, 0.2) is 30.7 Å². The quantitative estimate of drug-likeness (QED) is 0.270. The number of rotatable bonds is 14. The molecule has 1 aliphatic carbocycles. The molecule has 44 heavy (non-hydrogen) atoms. The molecule has 4 aliphatic rings. The fourth-order valence-corrected chi connectivity index (χ4v) is 6.37. The fourth-order valence-electron chi connectivity index (χ4n) is 6.37. The molecule has 1 aromatic carbocycles. The average Bonchev–Trinajstić information content (AvgIpc) is 3.54. The molecule has 11 heteroatoms. The van der Waals surface area contributed by atoms with Crippen LogP contribution in [0.2, 0.25) is 0 Å². The number of amides is 2. The topological polar surface area (TPSA) is 139 Å². The van der Waals surface area contributed by atoms with E-state index in [-0.39, 0.29) is 36.3 Å². The Kier molecular flexibility index (Phi) is 10.4. The molecule has 1 aromatic rings. The number of nitrogens with one attached hydrogen (secondary N) is 3. The van der Waals surface area contributed by atoms with Gasteiger partial charge >= 0.3 is 0 Å². The Hall–Kier alpha value is -3.28. The van der Waals surface area contributed by atoms with Crippen LogP contribution in [0.5, 0.6) is 5.75 Å². The van der Waals surface area contributed by atoms with E-state index in [4.69, 9.17) is 14.2 Å². The molecule has 240 valence electrons. The number of ether oxygens (including phenoxy) is 3. The molecular weight excluding hydrogens is 564 g/mol. The summed E-state index contributed by atoms with van der Waals surface area (Å²) in [6.45, 7) is 10.8. The number of benzene rings is 1. The lowest BCUT2D eigenvalue weighted by atomic mass is 9.88. The van der Waals surface area contributed by atoms with Gasteiger partial charge < -0.3 is 30.2 Å². The van der Waals surface area contributed by atoms with E-state index in [1.165, 1.54) is 0 Å². The van der Waals surface area contributed by atoms with Gasteiger partial charge in [0.15, 0.2) is 17.4 Å². The third-order valence-corrected chi connectivity index (χ3v) is 9.24. The van der Waals surface area contributed by atoms with Crippen molar-refractivity contribution in [3.05, 3.63) is 41.8 Å². The number of carbonyl (C=O) groups is 4. The summed E-state index contributed by atoms with van der Waals surface area (Å²) in [5.41, 5.74) is 0.934. The van der Waals surface area contributed by atoms with Crippen molar-refractivity contribution < 1.29 is 33.4 Å². The third-order valence-electron chi connectivity index (χ3n) is 9.24. The van der Waals surface area contributed by atoms with E-state index in [9.17, 15) is 19.2 Å². The van der Waals surface area contributed by atoms with Crippen molar-refractivity contribution in [2.24, 2.45) is 11.8 Å². The van der Waals surface area contributed by atoms with Gasteiger partial charge in [-0.15, -0.1) is 0 Å². The highest BCUT2D eigenvalue weighted by Gasteiger charge is 2.50. The van der Waals surface area contributed by atoms with Crippen molar-refractivity contribution in [2.45, 2.75) is 83.0 Å². The molecule has 0 aromatic heterocycles. The van der Waals surface area contributed by atoms with Crippen LogP contribution < -0.4 is 20.7 Å². The van der Waals surface area contributed by atoms with Gasteiger partial charge in [0.2, 0.25) is 11.8 Å². The largest absolute Gasteiger partial charge is 0.442 e. The monoisotopic (exact) mass is 610 g/mol. The molecule has 0 bridgehead atoms. The zero-order valence-corrected chi connectivity index (χ0v) is 26.0. The molecule has 11 nitrogen and oxygen atoms in total. The van der Waals surface area contributed by atoms with Crippen molar-refractivity contribution in [1.29, 1.82) is 0 Å². The number of epoxide rings is 1. The van der Waals surface area contributed by atoms with Crippen LogP contribution in [0.3, 0.4) is 0 Å². The van der Waals surface area contributed by atoms with Crippen LogP contribution in [-0.4, -0.2) is 85.4 Å². The Balaban J connectivity index is 1.29. The molecule has 4 unspecified atom stereocenters. The molecule has 3 aliphatic heterocycles. The predicted molar refractivity (Wildman–Crippen MR) is 163 cm³/mol. The lowest BCUT2D eigenvalue weighted by Crippen LogP contribution is -2.50. The van der Waals surface area contributed by atoms with Gasteiger partial charge in [-0.25, -0.2) is 0 Å². The standard InChI is InChI=1S/C33H46N4O7/c1-21(35-30(39)19-37-10-12-42-13-11-37)28(38)17-25(14-24-8-9-29-26(15-24)18-34-22(2)44-29)32(41)36-27(16-23-6-4-5-7-23)31(40)33(3)20-43-33/h8-9,15,21,23,25,27,34H,2,4-7,10-14,16-20H2,1,3H3,(H,35,39)(H,36,41). The van der Waals surface area contributed by atoms with E-state index >= 15 is 0 Å². The van der Waals surface area contributed by atoms with Gasteiger partial charge in [-0.2, -0.15) is 0 Å². The van der Waals surface area contributed by atoms with E-state index in [1.807, 2.05) is 23.1 Å². The Morgan fingerprint density at radius 3 is 2.57 bits per heavy atom. The van der Waals surface area contributed by atoms with Crippen molar-refractivity contribution in [3.63, 3.8) is 0 Å². The van der Waals surface area contributed by atoms with Gasteiger partial charge in [-0.1, -0.05) is 37.8 Å². The molecule has 1 saturated carbocycles. The van der Waals surface area contributed by atoms with Crippen LogP contribution in [0.25, 0.3) is 0 Å². The number of carbonyl (C=O) groups excluding carboxylic acids is 4. The minimum Gasteiger partial charge on any atom is -0.442 e. The van der Waals surface area contributed by atoms with Crippen molar-refractivity contribution >= 4 is 23.4 Å². The summed E-state index contributed by atoms with van der Waals surface area (Å²) in [6.07, 6.45) is 5.12. The first-order valence-electron chi connectivity index (χ1n) is 15.9. The van der Waals surface area contributed by atoms with Crippen molar-refractivity contribution in [1.82, 2.24) is 20.9 Å². The molecule has 0 spiro atoms. The number of hydrogen-bond acceptors (Lipinski definition) is 9. The molecule has 3 N–H and O–H groups in total. The van der Waals surface area contributed by atoms with Gasteiger partial charge in [-0.05, 0) is 50.8 Å². The minimum atomic E-state index is -0.864. The van der Waals surface area contributed by atoms with Gasteiger partial charge in [0, 0.05) is 37.5 Å². The molecule has 4 atom stereocenters. The Morgan fingerprint density at radius 1 is 1.14 bits per heavy atom. The number of Topliss-reactive ketones (excluding diaryl/α,β-unsaturated/α-hetero) is 2. The van der Waals surface area contributed by atoms with Crippen LogP contribution >= 0.6 is 0 Å². The minimum absolute atomic E-state index is 0.0778. The number of ketones is 2. The smallest absolute Gasteiger partial charge is 0.234 e. The molecule has 2 amide bonds. The first-order valence-corrected chi connectivity index (χ1v) is 15.9. The number of fused-ring (bicyclic) bond motifs is 1. The number of morpholine rings is 1.